The van der Waals surface area contributed by atoms with Gasteiger partial charge in [-0.3, -0.25) is 0 Å². The molecule has 0 aromatic heterocycles. The third kappa shape index (κ3) is 4.01. The van der Waals surface area contributed by atoms with Crippen molar-refractivity contribution < 1.29 is 19.7 Å². The summed E-state index contributed by atoms with van der Waals surface area (Å²) in [4.78, 5) is 0. The molecule has 0 fully saturated rings. The highest BCUT2D eigenvalue weighted by Crippen LogP contribution is 2.37. The molecule has 0 saturated heterocycles. The van der Waals surface area contributed by atoms with Crippen molar-refractivity contribution in [3.63, 3.8) is 0 Å². The summed E-state index contributed by atoms with van der Waals surface area (Å²) in [5.41, 5.74) is 0.889. The van der Waals surface area contributed by atoms with Gasteiger partial charge in [0, 0.05) is 6.07 Å². The van der Waals surface area contributed by atoms with Crippen molar-refractivity contribution in [3.8, 4) is 11.5 Å². The molecule has 1 aromatic rings. The highest BCUT2D eigenvalue weighted by molar-refractivity contribution is 6.32. The number of benzene rings is 1. The van der Waals surface area contributed by atoms with Crippen LogP contribution in [0, 0.1) is 0 Å². The minimum Gasteiger partial charge on any atom is -0.496 e. The second-order valence-electron chi connectivity index (χ2n) is 4.91. The quantitative estimate of drug-likeness (QED) is 0.813. The monoisotopic (exact) mass is 302 g/mol. The largest absolute Gasteiger partial charge is 0.496 e. The number of hydrogen-bond donors (Lipinski definition) is 2. The summed E-state index contributed by atoms with van der Waals surface area (Å²) in [7, 11) is 3.13. The Morgan fingerprint density at radius 3 is 2.20 bits per heavy atom. The van der Waals surface area contributed by atoms with Crippen LogP contribution in [0.2, 0.25) is 5.02 Å². The lowest BCUT2D eigenvalue weighted by Crippen LogP contribution is -2.26. The van der Waals surface area contributed by atoms with Gasteiger partial charge in [-0.2, -0.15) is 0 Å². The van der Waals surface area contributed by atoms with E-state index in [-0.39, 0.29) is 5.92 Å². The minimum absolute atomic E-state index is 0.00422. The van der Waals surface area contributed by atoms with E-state index < -0.39 is 12.2 Å². The summed E-state index contributed by atoms with van der Waals surface area (Å²) in [6.45, 7) is 3.80. The zero-order valence-electron chi connectivity index (χ0n) is 12.4. The molecule has 0 aliphatic rings. The summed E-state index contributed by atoms with van der Waals surface area (Å²) in [5.74, 6) is 1.22. The predicted octanol–water partition coefficient (Wildman–Crippen LogP) is 2.98. The van der Waals surface area contributed by atoms with Crippen molar-refractivity contribution in [2.75, 3.05) is 14.2 Å². The summed E-state index contributed by atoms with van der Waals surface area (Å²) >= 11 is 6.14. The maximum Gasteiger partial charge on any atom is 0.141 e. The Bertz CT molecular complexity index is 436. The first-order chi connectivity index (χ1) is 9.44. The van der Waals surface area contributed by atoms with Crippen molar-refractivity contribution in [3.05, 3.63) is 22.7 Å². The molecule has 0 radical (unpaired) electrons. The second-order valence-corrected chi connectivity index (χ2v) is 5.32. The van der Waals surface area contributed by atoms with Crippen LogP contribution in [0.5, 0.6) is 11.5 Å². The van der Waals surface area contributed by atoms with Crippen molar-refractivity contribution in [1.29, 1.82) is 0 Å². The zero-order valence-corrected chi connectivity index (χ0v) is 13.1. The fourth-order valence-corrected chi connectivity index (χ4v) is 2.44. The van der Waals surface area contributed by atoms with Crippen LogP contribution in [0.4, 0.5) is 0 Å². The molecule has 0 aliphatic heterocycles. The lowest BCUT2D eigenvalue weighted by Gasteiger charge is -2.22. The Hall–Kier alpha value is -0.970. The normalized spacial score (nSPS) is 15.6. The van der Waals surface area contributed by atoms with E-state index in [1.54, 1.807) is 26.4 Å². The van der Waals surface area contributed by atoms with Gasteiger partial charge in [0.15, 0.2) is 0 Å². The third-order valence-electron chi connectivity index (χ3n) is 3.49. The number of aliphatic hydroxyl groups is 2. The Labute approximate surface area is 125 Å². The first kappa shape index (κ1) is 17.1. The average Bonchev–Trinajstić information content (AvgIpc) is 2.45. The molecule has 0 bridgehead atoms. The standard InChI is InChI=1S/C15H23ClO4/c1-5-12(17)13(18)6-9(2)10-7-11(16)15(20-4)8-14(10)19-3/h7-9,12-13,17-18H,5-6H2,1-4H3. The van der Waals surface area contributed by atoms with Crippen LogP contribution in [-0.2, 0) is 0 Å². The maximum absolute atomic E-state index is 9.93. The molecule has 0 saturated carbocycles. The number of halogens is 1. The Kier molecular flexibility index (Phi) is 6.59. The lowest BCUT2D eigenvalue weighted by molar-refractivity contribution is 0.00943. The van der Waals surface area contributed by atoms with E-state index in [1.165, 1.54) is 0 Å². The number of methoxy groups -OCH3 is 2. The van der Waals surface area contributed by atoms with E-state index in [9.17, 15) is 10.2 Å². The average molecular weight is 303 g/mol. The van der Waals surface area contributed by atoms with Gasteiger partial charge in [0.25, 0.3) is 0 Å². The van der Waals surface area contributed by atoms with E-state index in [0.717, 1.165) is 5.56 Å². The van der Waals surface area contributed by atoms with E-state index in [4.69, 9.17) is 21.1 Å². The van der Waals surface area contributed by atoms with Crippen molar-refractivity contribution >= 4 is 11.6 Å². The molecular weight excluding hydrogens is 280 g/mol. The van der Waals surface area contributed by atoms with Crippen molar-refractivity contribution in [1.82, 2.24) is 0 Å². The molecule has 20 heavy (non-hydrogen) atoms. The summed E-state index contributed by atoms with van der Waals surface area (Å²) in [6, 6.07) is 3.52. The fraction of sp³-hybridized carbons (Fsp3) is 0.600. The Morgan fingerprint density at radius 1 is 1.10 bits per heavy atom. The number of aliphatic hydroxyl groups excluding tert-OH is 2. The molecule has 0 aliphatic carbocycles. The van der Waals surface area contributed by atoms with Crippen LogP contribution in [0.15, 0.2) is 12.1 Å². The van der Waals surface area contributed by atoms with Gasteiger partial charge >= 0.3 is 0 Å². The van der Waals surface area contributed by atoms with Gasteiger partial charge in [-0.05, 0) is 30.4 Å². The molecule has 3 unspecified atom stereocenters. The van der Waals surface area contributed by atoms with Gasteiger partial charge in [0.2, 0.25) is 0 Å². The molecule has 0 spiro atoms. The third-order valence-corrected chi connectivity index (χ3v) is 3.79. The van der Waals surface area contributed by atoms with Gasteiger partial charge in [-0.25, -0.2) is 0 Å². The van der Waals surface area contributed by atoms with Crippen LogP contribution in [0.1, 0.15) is 38.2 Å². The molecular formula is C15H23ClO4. The molecule has 1 rings (SSSR count). The Morgan fingerprint density at radius 2 is 1.70 bits per heavy atom. The van der Waals surface area contributed by atoms with Gasteiger partial charge in [-0.15, -0.1) is 0 Å². The van der Waals surface area contributed by atoms with Gasteiger partial charge < -0.3 is 19.7 Å². The Balaban J connectivity index is 2.97. The molecule has 0 heterocycles. The molecule has 0 amide bonds. The smallest absolute Gasteiger partial charge is 0.141 e. The number of ether oxygens (including phenoxy) is 2. The van der Waals surface area contributed by atoms with E-state index in [1.807, 2.05) is 13.8 Å². The van der Waals surface area contributed by atoms with Crippen LogP contribution < -0.4 is 9.47 Å². The first-order valence-electron chi connectivity index (χ1n) is 6.72. The SMILES string of the molecule is CCC(O)C(O)CC(C)c1cc(Cl)c(OC)cc1OC. The zero-order chi connectivity index (χ0) is 15.3. The molecule has 114 valence electrons. The van der Waals surface area contributed by atoms with Crippen LogP contribution in [0.3, 0.4) is 0 Å². The predicted molar refractivity (Wildman–Crippen MR) is 79.9 cm³/mol. The van der Waals surface area contributed by atoms with E-state index >= 15 is 0 Å². The van der Waals surface area contributed by atoms with E-state index in [0.29, 0.717) is 29.4 Å². The minimum atomic E-state index is -0.763. The summed E-state index contributed by atoms with van der Waals surface area (Å²) in [5, 5.41) is 20.1. The van der Waals surface area contributed by atoms with Gasteiger partial charge in [0.1, 0.15) is 11.5 Å². The van der Waals surface area contributed by atoms with Crippen LogP contribution in [-0.4, -0.2) is 36.6 Å². The van der Waals surface area contributed by atoms with Crippen LogP contribution >= 0.6 is 11.6 Å². The van der Waals surface area contributed by atoms with Crippen molar-refractivity contribution in [2.24, 2.45) is 0 Å². The molecule has 5 heteroatoms. The van der Waals surface area contributed by atoms with E-state index in [2.05, 4.69) is 0 Å². The molecule has 3 atom stereocenters. The number of rotatable bonds is 7. The van der Waals surface area contributed by atoms with Gasteiger partial charge in [0.05, 0.1) is 31.5 Å². The number of hydrogen-bond acceptors (Lipinski definition) is 4. The van der Waals surface area contributed by atoms with Gasteiger partial charge in [-0.1, -0.05) is 25.4 Å². The lowest BCUT2D eigenvalue weighted by atomic mass is 9.91. The topological polar surface area (TPSA) is 58.9 Å². The fourth-order valence-electron chi connectivity index (χ4n) is 2.19. The molecule has 1 aromatic carbocycles. The summed E-state index contributed by atoms with van der Waals surface area (Å²) < 4.78 is 10.5. The van der Waals surface area contributed by atoms with Crippen molar-refractivity contribution in [2.45, 2.75) is 44.8 Å². The maximum atomic E-state index is 9.93. The summed E-state index contributed by atoms with van der Waals surface area (Å²) in [6.07, 6.45) is -0.514. The second kappa shape index (κ2) is 7.72. The highest BCUT2D eigenvalue weighted by Gasteiger charge is 2.21. The van der Waals surface area contributed by atoms with Crippen LogP contribution in [0.25, 0.3) is 0 Å². The molecule has 2 N–H and O–H groups in total. The molecule has 4 nitrogen and oxygen atoms in total. The first-order valence-corrected chi connectivity index (χ1v) is 7.09. The highest BCUT2D eigenvalue weighted by atomic mass is 35.5.